The van der Waals surface area contributed by atoms with E-state index in [4.69, 9.17) is 0 Å². The molecule has 1 N–H and O–H groups in total. The van der Waals surface area contributed by atoms with Gasteiger partial charge in [0.1, 0.15) is 0 Å². The van der Waals surface area contributed by atoms with Crippen molar-refractivity contribution in [2.75, 3.05) is 0 Å². The van der Waals surface area contributed by atoms with Gasteiger partial charge in [-0.1, -0.05) is 20.8 Å². The van der Waals surface area contributed by atoms with E-state index in [1.165, 1.54) is 0 Å². The Hall–Kier alpha value is -1.68. The first-order chi connectivity index (χ1) is 8.40. The summed E-state index contributed by atoms with van der Waals surface area (Å²) in [5.74, 6) is 0.750. The molecule has 2 aromatic rings. The summed E-state index contributed by atoms with van der Waals surface area (Å²) >= 11 is 0. The van der Waals surface area contributed by atoms with Crippen molar-refractivity contribution in [3.8, 4) is 5.82 Å². The van der Waals surface area contributed by atoms with Gasteiger partial charge in [0.15, 0.2) is 5.82 Å². The van der Waals surface area contributed by atoms with E-state index in [1.54, 1.807) is 4.68 Å². The molecule has 4 nitrogen and oxygen atoms in total. The van der Waals surface area contributed by atoms with Crippen LogP contribution >= 0.6 is 0 Å². The van der Waals surface area contributed by atoms with Crippen molar-refractivity contribution in [1.82, 2.24) is 14.8 Å². The van der Waals surface area contributed by atoms with Crippen molar-refractivity contribution in [3.63, 3.8) is 0 Å². The van der Waals surface area contributed by atoms with E-state index >= 15 is 0 Å². The molecule has 0 aliphatic carbocycles. The number of hydrogen-bond donors (Lipinski definition) is 1. The number of aliphatic hydroxyl groups excluding tert-OH is 1. The highest BCUT2D eigenvalue weighted by Crippen LogP contribution is 2.23. The Morgan fingerprint density at radius 2 is 2.00 bits per heavy atom. The molecule has 96 valence electrons. The van der Waals surface area contributed by atoms with E-state index in [1.807, 2.05) is 31.3 Å². The SMILES string of the molecule is Cc1ccn(-c2cc(CO)cc(C(C)(C)C)n2)n1. The van der Waals surface area contributed by atoms with Crippen LogP contribution < -0.4 is 0 Å². The van der Waals surface area contributed by atoms with Gasteiger partial charge >= 0.3 is 0 Å². The lowest BCUT2D eigenvalue weighted by atomic mass is 9.91. The average Bonchev–Trinajstić information content (AvgIpc) is 2.74. The lowest BCUT2D eigenvalue weighted by Gasteiger charge is -2.19. The topological polar surface area (TPSA) is 50.9 Å². The molecular weight excluding hydrogens is 226 g/mol. The Bertz CT molecular complexity index is 552. The molecular formula is C14H19N3O. The maximum Gasteiger partial charge on any atom is 0.153 e. The Morgan fingerprint density at radius 3 is 2.50 bits per heavy atom. The summed E-state index contributed by atoms with van der Waals surface area (Å²) in [4.78, 5) is 4.63. The van der Waals surface area contributed by atoms with Crippen LogP contribution in [0.2, 0.25) is 0 Å². The van der Waals surface area contributed by atoms with Crippen molar-refractivity contribution in [3.05, 3.63) is 41.3 Å². The summed E-state index contributed by atoms with van der Waals surface area (Å²) in [6, 6.07) is 5.74. The van der Waals surface area contributed by atoms with Gasteiger partial charge in [-0.15, -0.1) is 0 Å². The highest BCUT2D eigenvalue weighted by Gasteiger charge is 2.17. The van der Waals surface area contributed by atoms with Crippen molar-refractivity contribution >= 4 is 0 Å². The highest BCUT2D eigenvalue weighted by atomic mass is 16.3. The van der Waals surface area contributed by atoms with Crippen LogP contribution in [0.3, 0.4) is 0 Å². The van der Waals surface area contributed by atoms with Crippen molar-refractivity contribution < 1.29 is 5.11 Å². The number of aliphatic hydroxyl groups is 1. The van der Waals surface area contributed by atoms with Gasteiger partial charge in [-0.2, -0.15) is 5.10 Å². The molecule has 0 radical (unpaired) electrons. The number of nitrogens with zero attached hydrogens (tertiary/aromatic N) is 3. The molecule has 18 heavy (non-hydrogen) atoms. The second kappa shape index (κ2) is 4.53. The zero-order valence-electron chi connectivity index (χ0n) is 11.3. The first-order valence-corrected chi connectivity index (χ1v) is 6.05. The molecule has 0 saturated heterocycles. The standard InChI is InChI=1S/C14H19N3O/c1-10-5-6-17(16-10)13-8-11(9-18)7-12(15-13)14(2,3)4/h5-8,18H,9H2,1-4H3. The van der Waals surface area contributed by atoms with Gasteiger partial charge in [0.25, 0.3) is 0 Å². The Balaban J connectivity index is 2.54. The fourth-order valence-electron chi connectivity index (χ4n) is 1.71. The summed E-state index contributed by atoms with van der Waals surface area (Å²) in [7, 11) is 0. The van der Waals surface area contributed by atoms with Gasteiger partial charge in [-0.05, 0) is 30.7 Å². The van der Waals surface area contributed by atoms with E-state index in [9.17, 15) is 5.11 Å². The van der Waals surface area contributed by atoms with Crippen LogP contribution in [0.15, 0.2) is 24.4 Å². The van der Waals surface area contributed by atoms with Gasteiger partial charge in [-0.25, -0.2) is 9.67 Å². The number of aromatic nitrogens is 3. The zero-order valence-corrected chi connectivity index (χ0v) is 11.3. The van der Waals surface area contributed by atoms with E-state index in [-0.39, 0.29) is 12.0 Å². The minimum absolute atomic E-state index is 0.0127. The Labute approximate surface area is 107 Å². The molecule has 0 bridgehead atoms. The van der Waals surface area contributed by atoms with Crippen LogP contribution in [-0.2, 0) is 12.0 Å². The minimum Gasteiger partial charge on any atom is -0.392 e. The van der Waals surface area contributed by atoms with Crippen LogP contribution in [0.5, 0.6) is 0 Å². The monoisotopic (exact) mass is 245 g/mol. The molecule has 0 aliphatic heterocycles. The minimum atomic E-state index is -0.0534. The van der Waals surface area contributed by atoms with Crippen molar-refractivity contribution in [1.29, 1.82) is 0 Å². The first-order valence-electron chi connectivity index (χ1n) is 6.05. The first kappa shape index (κ1) is 12.8. The molecule has 0 aliphatic rings. The molecule has 0 saturated carbocycles. The zero-order chi connectivity index (χ0) is 13.3. The molecule has 2 rings (SSSR count). The predicted molar refractivity (Wildman–Crippen MR) is 70.7 cm³/mol. The van der Waals surface area contributed by atoms with Crippen LogP contribution in [0.1, 0.15) is 37.7 Å². The molecule has 2 heterocycles. The largest absolute Gasteiger partial charge is 0.392 e. The maximum absolute atomic E-state index is 9.35. The Morgan fingerprint density at radius 1 is 1.28 bits per heavy atom. The molecule has 0 unspecified atom stereocenters. The summed E-state index contributed by atoms with van der Waals surface area (Å²) in [5.41, 5.74) is 2.71. The molecule has 0 amide bonds. The lowest BCUT2D eigenvalue weighted by molar-refractivity contribution is 0.281. The van der Waals surface area contributed by atoms with Crippen LogP contribution in [0.4, 0.5) is 0 Å². The van der Waals surface area contributed by atoms with Gasteiger partial charge in [0.05, 0.1) is 12.3 Å². The van der Waals surface area contributed by atoms with Crippen LogP contribution in [0.25, 0.3) is 5.82 Å². The second-order valence-electron chi connectivity index (χ2n) is 5.53. The number of hydrogen-bond acceptors (Lipinski definition) is 3. The normalized spacial score (nSPS) is 11.8. The summed E-state index contributed by atoms with van der Waals surface area (Å²) < 4.78 is 1.74. The maximum atomic E-state index is 9.35. The third-order valence-corrected chi connectivity index (χ3v) is 2.78. The van der Waals surface area contributed by atoms with Gasteiger partial charge in [-0.3, -0.25) is 0 Å². The van der Waals surface area contributed by atoms with Crippen molar-refractivity contribution in [2.45, 2.75) is 39.7 Å². The number of pyridine rings is 1. The third-order valence-electron chi connectivity index (χ3n) is 2.78. The van der Waals surface area contributed by atoms with E-state index in [0.717, 1.165) is 22.8 Å². The quantitative estimate of drug-likeness (QED) is 0.883. The van der Waals surface area contributed by atoms with E-state index < -0.39 is 0 Å². The molecule has 0 spiro atoms. The summed E-state index contributed by atoms with van der Waals surface area (Å²) in [6.45, 7) is 8.27. The molecule has 0 atom stereocenters. The van der Waals surface area contributed by atoms with E-state index in [2.05, 4.69) is 30.9 Å². The summed E-state index contributed by atoms with van der Waals surface area (Å²) in [5, 5.41) is 13.7. The predicted octanol–water partition coefficient (Wildman–Crippen LogP) is 2.37. The smallest absolute Gasteiger partial charge is 0.153 e. The molecule has 0 fully saturated rings. The number of rotatable bonds is 2. The van der Waals surface area contributed by atoms with Crippen LogP contribution in [-0.4, -0.2) is 19.9 Å². The second-order valence-corrected chi connectivity index (χ2v) is 5.53. The molecule has 2 aromatic heterocycles. The Kier molecular flexibility index (Phi) is 3.22. The molecule has 0 aromatic carbocycles. The van der Waals surface area contributed by atoms with E-state index in [0.29, 0.717) is 0 Å². The van der Waals surface area contributed by atoms with Gasteiger partial charge in [0, 0.05) is 17.3 Å². The fraction of sp³-hybridized carbons (Fsp3) is 0.429. The summed E-state index contributed by atoms with van der Waals surface area (Å²) in [6.07, 6.45) is 1.88. The lowest BCUT2D eigenvalue weighted by Crippen LogP contribution is -2.16. The van der Waals surface area contributed by atoms with Gasteiger partial charge < -0.3 is 5.11 Å². The molecule has 4 heteroatoms. The fourth-order valence-corrected chi connectivity index (χ4v) is 1.71. The van der Waals surface area contributed by atoms with Crippen LogP contribution in [0, 0.1) is 6.92 Å². The highest BCUT2D eigenvalue weighted by molar-refractivity contribution is 5.32. The average molecular weight is 245 g/mol. The number of aryl methyl sites for hydroxylation is 1. The van der Waals surface area contributed by atoms with Gasteiger partial charge in [0.2, 0.25) is 0 Å². The van der Waals surface area contributed by atoms with Crippen molar-refractivity contribution in [2.24, 2.45) is 0 Å². The third kappa shape index (κ3) is 2.59.